The monoisotopic (exact) mass is 362 g/mol. The topological polar surface area (TPSA) is 52.6 Å². The van der Waals surface area contributed by atoms with Gasteiger partial charge in [-0.3, -0.25) is 0 Å². The molecule has 0 bridgehead atoms. The van der Waals surface area contributed by atoms with E-state index in [1.165, 1.54) is 5.56 Å². The highest BCUT2D eigenvalue weighted by molar-refractivity contribution is 6.08. The number of hydrogen-bond donors (Lipinski definition) is 0. The number of ether oxygens (including phenoxy) is 2. The molecule has 0 aliphatic rings. The van der Waals surface area contributed by atoms with Crippen molar-refractivity contribution in [3.8, 4) is 5.75 Å². The third-order valence-electron chi connectivity index (χ3n) is 4.29. The normalized spacial score (nSPS) is 10.6. The summed E-state index contributed by atoms with van der Waals surface area (Å²) >= 11 is 0. The molecular formula is C23H22O4. The van der Waals surface area contributed by atoms with Gasteiger partial charge in [0.25, 0.3) is 0 Å². The third-order valence-corrected chi connectivity index (χ3v) is 4.29. The van der Waals surface area contributed by atoms with Crippen LogP contribution in [0.2, 0.25) is 0 Å². The quantitative estimate of drug-likeness (QED) is 0.447. The summed E-state index contributed by atoms with van der Waals surface area (Å²) in [5.41, 5.74) is 2.04. The van der Waals surface area contributed by atoms with Crippen LogP contribution in [0.4, 0.5) is 0 Å². The molecule has 0 saturated carbocycles. The molecule has 138 valence electrons. The zero-order valence-corrected chi connectivity index (χ0v) is 15.5. The average Bonchev–Trinajstić information content (AvgIpc) is 2.68. The van der Waals surface area contributed by atoms with E-state index < -0.39 is 11.9 Å². The molecule has 0 aromatic heterocycles. The first kappa shape index (κ1) is 18.6. The van der Waals surface area contributed by atoms with E-state index in [0.29, 0.717) is 22.3 Å². The van der Waals surface area contributed by atoms with Crippen LogP contribution in [0.3, 0.4) is 0 Å². The van der Waals surface area contributed by atoms with E-state index in [1.54, 1.807) is 43.3 Å². The zero-order valence-electron chi connectivity index (χ0n) is 15.5. The standard InChI is InChI=1S/C23H22O4/c1-3-7-16-12-14-18(15-13-16)22(24)27-20-11-6-9-17-8-5-10-19(21(17)20)23(25)26-4-2/h5-6,8-15H,3-4,7H2,1-2H3. The lowest BCUT2D eigenvalue weighted by molar-refractivity contribution is 0.0527. The Bertz CT molecular complexity index is 953. The highest BCUT2D eigenvalue weighted by Gasteiger charge is 2.17. The van der Waals surface area contributed by atoms with Crippen molar-refractivity contribution in [2.75, 3.05) is 6.61 Å². The van der Waals surface area contributed by atoms with E-state index in [4.69, 9.17) is 9.47 Å². The fourth-order valence-electron chi connectivity index (χ4n) is 3.03. The van der Waals surface area contributed by atoms with E-state index in [1.807, 2.05) is 24.3 Å². The van der Waals surface area contributed by atoms with Crippen molar-refractivity contribution in [3.05, 3.63) is 77.4 Å². The maximum Gasteiger partial charge on any atom is 0.343 e. The maximum absolute atomic E-state index is 12.6. The Morgan fingerprint density at radius 3 is 2.22 bits per heavy atom. The first-order valence-corrected chi connectivity index (χ1v) is 9.14. The number of carbonyl (C=O) groups excluding carboxylic acids is 2. The lowest BCUT2D eigenvalue weighted by Crippen LogP contribution is -2.10. The van der Waals surface area contributed by atoms with Gasteiger partial charge < -0.3 is 9.47 Å². The highest BCUT2D eigenvalue weighted by atomic mass is 16.5. The summed E-state index contributed by atoms with van der Waals surface area (Å²) in [6, 6.07) is 18.1. The van der Waals surface area contributed by atoms with Gasteiger partial charge in [-0.05, 0) is 48.6 Å². The molecule has 0 heterocycles. The molecule has 4 heteroatoms. The van der Waals surface area contributed by atoms with Crippen LogP contribution in [-0.2, 0) is 11.2 Å². The molecule has 0 saturated heterocycles. The molecule has 0 fully saturated rings. The average molecular weight is 362 g/mol. The van der Waals surface area contributed by atoms with Gasteiger partial charge in [0.05, 0.1) is 17.7 Å². The van der Waals surface area contributed by atoms with E-state index in [-0.39, 0.29) is 6.61 Å². The van der Waals surface area contributed by atoms with Crippen LogP contribution in [0.25, 0.3) is 10.8 Å². The summed E-state index contributed by atoms with van der Waals surface area (Å²) < 4.78 is 10.8. The molecule has 0 spiro atoms. The number of esters is 2. The molecule has 3 aromatic carbocycles. The van der Waals surface area contributed by atoms with Crippen LogP contribution in [0.5, 0.6) is 5.75 Å². The molecule has 3 aromatic rings. The molecule has 0 aliphatic heterocycles. The number of carbonyl (C=O) groups is 2. The first-order chi connectivity index (χ1) is 13.1. The van der Waals surface area contributed by atoms with Crippen LogP contribution in [0, 0.1) is 0 Å². The highest BCUT2D eigenvalue weighted by Crippen LogP contribution is 2.30. The molecule has 0 atom stereocenters. The molecule has 27 heavy (non-hydrogen) atoms. The minimum absolute atomic E-state index is 0.279. The summed E-state index contributed by atoms with van der Waals surface area (Å²) in [7, 11) is 0. The van der Waals surface area contributed by atoms with Crippen LogP contribution >= 0.6 is 0 Å². The predicted octanol–water partition coefficient (Wildman–Crippen LogP) is 5.19. The van der Waals surface area contributed by atoms with Crippen molar-refractivity contribution < 1.29 is 19.1 Å². The number of fused-ring (bicyclic) bond motifs is 1. The molecule has 0 radical (unpaired) electrons. The van der Waals surface area contributed by atoms with Gasteiger partial charge in [-0.15, -0.1) is 0 Å². The second-order valence-electron chi connectivity index (χ2n) is 6.22. The Kier molecular flexibility index (Phi) is 5.87. The number of benzene rings is 3. The minimum Gasteiger partial charge on any atom is -0.462 e. The number of rotatable bonds is 6. The van der Waals surface area contributed by atoms with Gasteiger partial charge in [0.15, 0.2) is 0 Å². The fourth-order valence-corrected chi connectivity index (χ4v) is 3.03. The predicted molar refractivity (Wildman–Crippen MR) is 105 cm³/mol. The second kappa shape index (κ2) is 8.49. The van der Waals surface area contributed by atoms with Gasteiger partial charge in [-0.25, -0.2) is 9.59 Å². The smallest absolute Gasteiger partial charge is 0.343 e. The molecular weight excluding hydrogens is 340 g/mol. The summed E-state index contributed by atoms with van der Waals surface area (Å²) in [6.45, 7) is 4.15. The van der Waals surface area contributed by atoms with Gasteiger partial charge in [0.2, 0.25) is 0 Å². The van der Waals surface area contributed by atoms with Gasteiger partial charge in [0, 0.05) is 5.39 Å². The van der Waals surface area contributed by atoms with Crippen LogP contribution in [-0.4, -0.2) is 18.5 Å². The van der Waals surface area contributed by atoms with E-state index in [2.05, 4.69) is 6.92 Å². The van der Waals surface area contributed by atoms with Gasteiger partial charge in [0.1, 0.15) is 5.75 Å². The van der Waals surface area contributed by atoms with Crippen LogP contribution in [0.15, 0.2) is 60.7 Å². The van der Waals surface area contributed by atoms with Crippen molar-refractivity contribution in [2.45, 2.75) is 26.7 Å². The van der Waals surface area contributed by atoms with Crippen LogP contribution in [0.1, 0.15) is 46.5 Å². The van der Waals surface area contributed by atoms with E-state index >= 15 is 0 Å². The largest absolute Gasteiger partial charge is 0.462 e. The van der Waals surface area contributed by atoms with Gasteiger partial charge in [-0.1, -0.05) is 49.7 Å². The summed E-state index contributed by atoms with van der Waals surface area (Å²) in [5.74, 6) is -0.543. The second-order valence-corrected chi connectivity index (χ2v) is 6.22. The Labute approximate surface area is 158 Å². The Hall–Kier alpha value is -3.14. The Balaban J connectivity index is 1.94. The minimum atomic E-state index is -0.454. The Morgan fingerprint density at radius 1 is 0.852 bits per heavy atom. The zero-order chi connectivity index (χ0) is 19.2. The molecule has 4 nitrogen and oxygen atoms in total. The van der Waals surface area contributed by atoms with Crippen molar-refractivity contribution in [1.82, 2.24) is 0 Å². The third kappa shape index (κ3) is 4.17. The maximum atomic E-state index is 12.6. The molecule has 0 unspecified atom stereocenters. The van der Waals surface area contributed by atoms with Gasteiger partial charge in [-0.2, -0.15) is 0 Å². The van der Waals surface area contributed by atoms with Crippen molar-refractivity contribution >= 4 is 22.7 Å². The number of hydrogen-bond acceptors (Lipinski definition) is 4. The molecule has 0 N–H and O–H groups in total. The lowest BCUT2D eigenvalue weighted by atomic mass is 10.0. The van der Waals surface area contributed by atoms with Crippen molar-refractivity contribution in [2.24, 2.45) is 0 Å². The SMILES string of the molecule is CCCc1ccc(C(=O)Oc2cccc3cccc(C(=O)OCC)c23)cc1. The lowest BCUT2D eigenvalue weighted by Gasteiger charge is -2.11. The van der Waals surface area contributed by atoms with E-state index in [0.717, 1.165) is 18.2 Å². The molecule has 0 amide bonds. The molecule has 0 aliphatic carbocycles. The van der Waals surface area contributed by atoms with Crippen molar-refractivity contribution in [3.63, 3.8) is 0 Å². The van der Waals surface area contributed by atoms with E-state index in [9.17, 15) is 9.59 Å². The van der Waals surface area contributed by atoms with Gasteiger partial charge >= 0.3 is 11.9 Å². The van der Waals surface area contributed by atoms with Crippen molar-refractivity contribution in [1.29, 1.82) is 0 Å². The summed E-state index contributed by atoms with van der Waals surface area (Å²) in [4.78, 5) is 24.9. The fraction of sp³-hybridized carbons (Fsp3) is 0.217. The van der Waals surface area contributed by atoms with Crippen LogP contribution < -0.4 is 4.74 Å². The Morgan fingerprint density at radius 2 is 1.56 bits per heavy atom. The summed E-state index contributed by atoms with van der Waals surface area (Å²) in [6.07, 6.45) is 2.03. The first-order valence-electron chi connectivity index (χ1n) is 9.14. The molecule has 3 rings (SSSR count). The number of aryl methyl sites for hydroxylation is 1. The summed E-state index contributed by atoms with van der Waals surface area (Å²) in [5, 5.41) is 1.39.